The van der Waals surface area contributed by atoms with Crippen LogP contribution >= 0.6 is 0 Å². The average molecular weight is 315 g/mol. The second-order valence-electron chi connectivity index (χ2n) is 6.05. The number of methoxy groups -OCH3 is 1. The maximum atomic E-state index is 5.71. The molecule has 1 atom stereocenters. The average Bonchev–Trinajstić information content (AvgIpc) is 2.92. The summed E-state index contributed by atoms with van der Waals surface area (Å²) in [6.45, 7) is 3.83. The highest BCUT2D eigenvalue weighted by Crippen LogP contribution is 2.32. The van der Waals surface area contributed by atoms with Gasteiger partial charge < -0.3 is 9.15 Å². The first-order chi connectivity index (χ1) is 11.3. The first-order valence-corrected chi connectivity index (χ1v) is 8.49. The summed E-state index contributed by atoms with van der Waals surface area (Å²) in [7, 11) is 1.70. The van der Waals surface area contributed by atoms with Gasteiger partial charge in [-0.2, -0.15) is 0 Å². The number of nitrogens with zero attached hydrogens (tertiary/aromatic N) is 3. The SMILES string of the molecule is CCc1nnc(CN2CCCCCC2c2ccc(OC)cc2)o1. The van der Waals surface area contributed by atoms with E-state index in [4.69, 9.17) is 9.15 Å². The molecule has 0 aliphatic carbocycles. The molecule has 0 radical (unpaired) electrons. The highest BCUT2D eigenvalue weighted by Gasteiger charge is 2.24. The third-order valence-electron chi connectivity index (χ3n) is 4.51. The van der Waals surface area contributed by atoms with Crippen molar-refractivity contribution in [1.82, 2.24) is 15.1 Å². The summed E-state index contributed by atoms with van der Waals surface area (Å²) in [5, 5.41) is 8.27. The van der Waals surface area contributed by atoms with Crippen LogP contribution < -0.4 is 4.74 Å². The van der Waals surface area contributed by atoms with Crippen molar-refractivity contribution in [2.75, 3.05) is 13.7 Å². The molecule has 1 aliphatic heterocycles. The molecular weight excluding hydrogens is 290 g/mol. The second-order valence-corrected chi connectivity index (χ2v) is 6.05. The maximum Gasteiger partial charge on any atom is 0.230 e. The van der Waals surface area contributed by atoms with Gasteiger partial charge in [-0.25, -0.2) is 0 Å². The van der Waals surface area contributed by atoms with Crippen molar-refractivity contribution in [2.24, 2.45) is 0 Å². The van der Waals surface area contributed by atoms with Crippen molar-refractivity contribution in [3.8, 4) is 5.75 Å². The minimum Gasteiger partial charge on any atom is -0.497 e. The third-order valence-corrected chi connectivity index (χ3v) is 4.51. The molecule has 0 bridgehead atoms. The van der Waals surface area contributed by atoms with E-state index in [9.17, 15) is 0 Å². The Bertz CT molecular complexity index is 609. The van der Waals surface area contributed by atoms with Crippen LogP contribution in [0.1, 0.15) is 56.0 Å². The normalized spacial score (nSPS) is 19.5. The predicted molar refractivity (Wildman–Crippen MR) is 88.3 cm³/mol. The zero-order chi connectivity index (χ0) is 16.1. The Hall–Kier alpha value is -1.88. The van der Waals surface area contributed by atoms with Crippen LogP contribution in [0.3, 0.4) is 0 Å². The fourth-order valence-corrected chi connectivity index (χ4v) is 3.23. The van der Waals surface area contributed by atoms with Crippen molar-refractivity contribution < 1.29 is 9.15 Å². The summed E-state index contributed by atoms with van der Waals surface area (Å²) in [4.78, 5) is 2.47. The standard InChI is InChI=1S/C18H25N3O2/c1-3-17-19-20-18(23-17)13-21-12-6-4-5-7-16(21)14-8-10-15(22-2)11-9-14/h8-11,16H,3-7,12-13H2,1-2H3. The fraction of sp³-hybridized carbons (Fsp3) is 0.556. The molecule has 1 aliphatic rings. The molecule has 1 aromatic carbocycles. The van der Waals surface area contributed by atoms with Crippen molar-refractivity contribution in [2.45, 2.75) is 51.6 Å². The van der Waals surface area contributed by atoms with Gasteiger partial charge in [0.1, 0.15) is 5.75 Å². The largest absolute Gasteiger partial charge is 0.497 e. The molecule has 0 spiro atoms. The molecule has 0 N–H and O–H groups in total. The minimum atomic E-state index is 0.403. The van der Waals surface area contributed by atoms with Crippen LogP contribution in [-0.4, -0.2) is 28.8 Å². The van der Waals surface area contributed by atoms with Gasteiger partial charge in [0.2, 0.25) is 11.8 Å². The van der Waals surface area contributed by atoms with Crippen molar-refractivity contribution in [3.05, 3.63) is 41.6 Å². The third kappa shape index (κ3) is 3.91. The smallest absolute Gasteiger partial charge is 0.230 e. The minimum absolute atomic E-state index is 0.403. The van der Waals surface area contributed by atoms with Crippen LogP contribution in [0.2, 0.25) is 0 Å². The van der Waals surface area contributed by atoms with Gasteiger partial charge in [-0.05, 0) is 37.1 Å². The van der Waals surface area contributed by atoms with Crippen LogP contribution in [0.15, 0.2) is 28.7 Å². The molecule has 3 rings (SSSR count). The lowest BCUT2D eigenvalue weighted by molar-refractivity contribution is 0.173. The lowest BCUT2D eigenvalue weighted by Crippen LogP contribution is -2.28. The monoisotopic (exact) mass is 315 g/mol. The molecule has 23 heavy (non-hydrogen) atoms. The zero-order valence-electron chi connectivity index (χ0n) is 14.0. The van der Waals surface area contributed by atoms with E-state index >= 15 is 0 Å². The van der Waals surface area contributed by atoms with E-state index in [1.807, 2.05) is 19.1 Å². The summed E-state index contributed by atoms with van der Waals surface area (Å²) < 4.78 is 11.0. The summed E-state index contributed by atoms with van der Waals surface area (Å²) in [6, 6.07) is 8.83. The Morgan fingerprint density at radius 1 is 1.13 bits per heavy atom. The second kappa shape index (κ2) is 7.59. The van der Waals surface area contributed by atoms with Gasteiger partial charge >= 0.3 is 0 Å². The highest BCUT2D eigenvalue weighted by molar-refractivity contribution is 5.29. The molecule has 5 heteroatoms. The Morgan fingerprint density at radius 3 is 2.61 bits per heavy atom. The van der Waals surface area contributed by atoms with E-state index in [1.165, 1.54) is 31.2 Å². The van der Waals surface area contributed by atoms with E-state index in [-0.39, 0.29) is 0 Å². The summed E-state index contributed by atoms with van der Waals surface area (Å²) in [6.07, 6.45) is 5.72. The number of ether oxygens (including phenoxy) is 1. The molecule has 124 valence electrons. The molecule has 5 nitrogen and oxygen atoms in total. The number of rotatable bonds is 5. The lowest BCUT2D eigenvalue weighted by Gasteiger charge is -2.29. The van der Waals surface area contributed by atoms with Gasteiger partial charge in [-0.1, -0.05) is 31.9 Å². The summed E-state index contributed by atoms with van der Waals surface area (Å²) >= 11 is 0. The Balaban J connectivity index is 1.78. The van der Waals surface area contributed by atoms with Gasteiger partial charge in [-0.15, -0.1) is 10.2 Å². The molecule has 2 aromatic rings. The molecule has 1 unspecified atom stereocenters. The summed E-state index contributed by atoms with van der Waals surface area (Å²) in [5.74, 6) is 2.34. The summed E-state index contributed by atoms with van der Waals surface area (Å²) in [5.41, 5.74) is 1.34. The number of hydrogen-bond donors (Lipinski definition) is 0. The fourth-order valence-electron chi connectivity index (χ4n) is 3.23. The van der Waals surface area contributed by atoms with E-state index in [1.54, 1.807) is 7.11 Å². The molecule has 1 aromatic heterocycles. The van der Waals surface area contributed by atoms with E-state index in [0.717, 1.165) is 37.0 Å². The van der Waals surface area contributed by atoms with Gasteiger partial charge in [0.15, 0.2) is 0 Å². The highest BCUT2D eigenvalue weighted by atomic mass is 16.5. The number of aryl methyl sites for hydroxylation is 1. The molecule has 2 heterocycles. The van der Waals surface area contributed by atoms with Crippen molar-refractivity contribution >= 4 is 0 Å². The predicted octanol–water partition coefficient (Wildman–Crippen LogP) is 3.76. The zero-order valence-corrected chi connectivity index (χ0v) is 14.0. The number of hydrogen-bond acceptors (Lipinski definition) is 5. The van der Waals surface area contributed by atoms with Crippen LogP contribution in [0.4, 0.5) is 0 Å². The Labute approximate surface area is 137 Å². The van der Waals surface area contributed by atoms with Gasteiger partial charge in [-0.3, -0.25) is 4.90 Å². The topological polar surface area (TPSA) is 51.4 Å². The molecule has 1 fully saturated rings. The van der Waals surface area contributed by atoms with Crippen LogP contribution in [0.5, 0.6) is 5.75 Å². The number of aromatic nitrogens is 2. The number of likely N-dealkylation sites (tertiary alicyclic amines) is 1. The number of benzene rings is 1. The van der Waals surface area contributed by atoms with Crippen LogP contribution in [0.25, 0.3) is 0 Å². The van der Waals surface area contributed by atoms with Crippen molar-refractivity contribution in [3.63, 3.8) is 0 Å². The van der Waals surface area contributed by atoms with E-state index in [2.05, 4.69) is 27.2 Å². The van der Waals surface area contributed by atoms with Crippen LogP contribution in [0, 0.1) is 0 Å². The van der Waals surface area contributed by atoms with Crippen molar-refractivity contribution in [1.29, 1.82) is 0 Å². The maximum absolute atomic E-state index is 5.71. The molecule has 1 saturated heterocycles. The van der Waals surface area contributed by atoms with Gasteiger partial charge in [0, 0.05) is 12.5 Å². The van der Waals surface area contributed by atoms with E-state index < -0.39 is 0 Å². The first-order valence-electron chi connectivity index (χ1n) is 8.49. The first kappa shape index (κ1) is 16.0. The Kier molecular flexibility index (Phi) is 5.28. The molecular formula is C18H25N3O2. The molecule has 0 saturated carbocycles. The Morgan fingerprint density at radius 2 is 1.91 bits per heavy atom. The van der Waals surface area contributed by atoms with Gasteiger partial charge in [0.05, 0.1) is 13.7 Å². The molecule has 0 amide bonds. The van der Waals surface area contributed by atoms with Crippen LogP contribution in [-0.2, 0) is 13.0 Å². The van der Waals surface area contributed by atoms with E-state index in [0.29, 0.717) is 6.04 Å². The quantitative estimate of drug-likeness (QED) is 0.841. The van der Waals surface area contributed by atoms with Gasteiger partial charge in [0.25, 0.3) is 0 Å². The lowest BCUT2D eigenvalue weighted by atomic mass is 10.0.